The molecule has 4 nitrogen and oxygen atoms in total. The molecule has 0 aliphatic rings. The summed E-state index contributed by atoms with van der Waals surface area (Å²) in [6, 6.07) is 0. The summed E-state index contributed by atoms with van der Waals surface area (Å²) in [5, 5.41) is 2.95. The van der Waals surface area contributed by atoms with Crippen molar-refractivity contribution >= 4 is 22.4 Å². The van der Waals surface area contributed by atoms with Gasteiger partial charge in [-0.25, -0.2) is 4.98 Å². The van der Waals surface area contributed by atoms with Gasteiger partial charge < -0.3 is 9.64 Å². The second-order valence-corrected chi connectivity index (χ2v) is 6.63. The van der Waals surface area contributed by atoms with E-state index < -0.39 is 5.41 Å². The molecule has 0 aliphatic heterocycles. The Bertz CT molecular complexity index is 441. The van der Waals surface area contributed by atoms with E-state index in [2.05, 4.69) is 30.7 Å². The lowest BCUT2D eigenvalue weighted by atomic mass is 9.90. The number of hydrogen-bond donors (Lipinski definition) is 0. The van der Waals surface area contributed by atoms with Crippen LogP contribution in [0.2, 0.25) is 0 Å². The molecule has 20 heavy (non-hydrogen) atoms. The number of carbonyl (C=O) groups is 1. The van der Waals surface area contributed by atoms with E-state index in [4.69, 9.17) is 4.74 Å². The SMILES string of the molecule is CCOC(=O)C(C)(C)c1csc(N(CC)CC(C)C)n1. The topological polar surface area (TPSA) is 42.4 Å². The Morgan fingerprint density at radius 3 is 2.60 bits per heavy atom. The van der Waals surface area contributed by atoms with Crippen molar-refractivity contribution < 1.29 is 9.53 Å². The number of esters is 1. The summed E-state index contributed by atoms with van der Waals surface area (Å²) in [5.74, 6) is 0.365. The molecule has 5 heteroatoms. The third-order valence-corrected chi connectivity index (χ3v) is 4.06. The number of hydrogen-bond acceptors (Lipinski definition) is 5. The maximum absolute atomic E-state index is 12.0. The molecule has 1 rings (SSSR count). The lowest BCUT2D eigenvalue weighted by molar-refractivity contribution is -0.148. The van der Waals surface area contributed by atoms with Crippen molar-refractivity contribution in [2.75, 3.05) is 24.6 Å². The third-order valence-electron chi connectivity index (χ3n) is 3.16. The number of ether oxygens (including phenoxy) is 1. The minimum absolute atomic E-state index is 0.219. The minimum atomic E-state index is -0.692. The highest BCUT2D eigenvalue weighted by Crippen LogP contribution is 2.30. The molecule has 0 aliphatic carbocycles. The fraction of sp³-hybridized carbons (Fsp3) is 0.733. The molecule has 1 aromatic rings. The number of carbonyl (C=O) groups excluding carboxylic acids is 1. The normalized spacial score (nSPS) is 11.8. The first-order valence-corrected chi connectivity index (χ1v) is 8.09. The summed E-state index contributed by atoms with van der Waals surface area (Å²) in [5.41, 5.74) is 0.0975. The fourth-order valence-electron chi connectivity index (χ4n) is 1.90. The fourth-order valence-corrected chi connectivity index (χ4v) is 2.96. The van der Waals surface area contributed by atoms with E-state index in [-0.39, 0.29) is 5.97 Å². The Morgan fingerprint density at radius 2 is 2.10 bits per heavy atom. The number of aromatic nitrogens is 1. The standard InChI is InChI=1S/C15H26N2O2S/c1-7-17(9-11(3)4)14-16-12(10-20-14)15(5,6)13(18)19-8-2/h10-11H,7-9H2,1-6H3. The molecule has 114 valence electrons. The van der Waals surface area contributed by atoms with E-state index in [9.17, 15) is 4.79 Å². The van der Waals surface area contributed by atoms with E-state index in [1.165, 1.54) is 0 Å². The molecule has 1 aromatic heterocycles. The van der Waals surface area contributed by atoms with Crippen LogP contribution in [0, 0.1) is 5.92 Å². The summed E-state index contributed by atoms with van der Waals surface area (Å²) in [6.45, 7) is 14.4. The van der Waals surface area contributed by atoms with Gasteiger partial charge in [-0.3, -0.25) is 4.79 Å². The van der Waals surface area contributed by atoms with Gasteiger partial charge in [-0.2, -0.15) is 0 Å². The van der Waals surface area contributed by atoms with Crippen LogP contribution in [0.15, 0.2) is 5.38 Å². The van der Waals surface area contributed by atoms with Gasteiger partial charge in [-0.05, 0) is 33.6 Å². The summed E-state index contributed by atoms with van der Waals surface area (Å²) >= 11 is 1.59. The van der Waals surface area contributed by atoms with E-state index in [1.54, 1.807) is 11.3 Å². The molecular formula is C15H26N2O2S. The van der Waals surface area contributed by atoms with Crippen molar-refractivity contribution in [3.05, 3.63) is 11.1 Å². The molecule has 0 saturated heterocycles. The Balaban J connectivity index is 2.92. The Kier molecular flexibility index (Phi) is 5.99. The average molecular weight is 298 g/mol. The summed E-state index contributed by atoms with van der Waals surface area (Å²) in [6.07, 6.45) is 0. The van der Waals surface area contributed by atoms with Gasteiger partial charge in [-0.1, -0.05) is 13.8 Å². The van der Waals surface area contributed by atoms with Crippen LogP contribution in [-0.2, 0) is 14.9 Å². The van der Waals surface area contributed by atoms with Gasteiger partial charge in [0.1, 0.15) is 5.41 Å². The van der Waals surface area contributed by atoms with Crippen LogP contribution in [0.3, 0.4) is 0 Å². The highest BCUT2D eigenvalue weighted by atomic mass is 32.1. The van der Waals surface area contributed by atoms with Crippen molar-refractivity contribution in [3.8, 4) is 0 Å². The van der Waals surface area contributed by atoms with Crippen LogP contribution < -0.4 is 4.90 Å². The quantitative estimate of drug-likeness (QED) is 0.723. The summed E-state index contributed by atoms with van der Waals surface area (Å²) < 4.78 is 5.13. The molecule has 0 spiro atoms. The van der Waals surface area contributed by atoms with Crippen molar-refractivity contribution in [1.29, 1.82) is 0 Å². The van der Waals surface area contributed by atoms with Crippen LogP contribution in [0.1, 0.15) is 47.2 Å². The molecule has 0 fully saturated rings. The third kappa shape index (κ3) is 3.95. The predicted octanol–water partition coefficient (Wildman–Crippen LogP) is 3.47. The van der Waals surface area contributed by atoms with Gasteiger partial charge in [-0.15, -0.1) is 11.3 Å². The molecular weight excluding hydrogens is 272 g/mol. The van der Waals surface area contributed by atoms with E-state index in [0.29, 0.717) is 12.5 Å². The molecule has 0 bridgehead atoms. The number of thiazole rings is 1. The average Bonchev–Trinajstić information content (AvgIpc) is 2.86. The number of rotatable bonds is 7. The van der Waals surface area contributed by atoms with Gasteiger partial charge >= 0.3 is 5.97 Å². The zero-order valence-electron chi connectivity index (χ0n) is 13.4. The Morgan fingerprint density at radius 1 is 1.45 bits per heavy atom. The van der Waals surface area contributed by atoms with Gasteiger partial charge in [0.05, 0.1) is 12.3 Å². The first-order valence-electron chi connectivity index (χ1n) is 7.21. The van der Waals surface area contributed by atoms with Crippen LogP contribution in [0.5, 0.6) is 0 Å². The van der Waals surface area contributed by atoms with Crippen molar-refractivity contribution in [3.63, 3.8) is 0 Å². The highest BCUT2D eigenvalue weighted by Gasteiger charge is 2.34. The van der Waals surface area contributed by atoms with Crippen molar-refractivity contribution in [2.24, 2.45) is 5.92 Å². The molecule has 0 saturated carbocycles. The maximum Gasteiger partial charge on any atom is 0.317 e. The Labute approximate surface area is 126 Å². The molecule has 0 N–H and O–H groups in total. The minimum Gasteiger partial charge on any atom is -0.465 e. The first-order chi connectivity index (χ1) is 9.32. The van der Waals surface area contributed by atoms with E-state index in [0.717, 1.165) is 23.9 Å². The van der Waals surface area contributed by atoms with Crippen molar-refractivity contribution in [1.82, 2.24) is 4.98 Å². The lowest BCUT2D eigenvalue weighted by Gasteiger charge is -2.23. The van der Waals surface area contributed by atoms with E-state index >= 15 is 0 Å². The molecule has 0 unspecified atom stereocenters. The first kappa shape index (κ1) is 17.0. The van der Waals surface area contributed by atoms with Crippen LogP contribution in [0.4, 0.5) is 5.13 Å². The van der Waals surface area contributed by atoms with Crippen molar-refractivity contribution in [2.45, 2.75) is 47.0 Å². The van der Waals surface area contributed by atoms with Gasteiger partial charge in [0.2, 0.25) is 0 Å². The van der Waals surface area contributed by atoms with Crippen LogP contribution in [0.25, 0.3) is 0 Å². The number of nitrogens with zero attached hydrogens (tertiary/aromatic N) is 2. The molecule has 0 atom stereocenters. The molecule has 1 heterocycles. The molecule has 0 amide bonds. The monoisotopic (exact) mass is 298 g/mol. The van der Waals surface area contributed by atoms with Gasteiger partial charge in [0.25, 0.3) is 0 Å². The largest absolute Gasteiger partial charge is 0.465 e. The molecule has 0 aromatic carbocycles. The second kappa shape index (κ2) is 7.07. The molecule has 0 radical (unpaired) electrons. The Hall–Kier alpha value is -1.10. The zero-order valence-corrected chi connectivity index (χ0v) is 14.2. The highest BCUT2D eigenvalue weighted by molar-refractivity contribution is 7.13. The van der Waals surface area contributed by atoms with Crippen LogP contribution in [-0.4, -0.2) is 30.6 Å². The van der Waals surface area contributed by atoms with E-state index in [1.807, 2.05) is 26.2 Å². The van der Waals surface area contributed by atoms with Crippen LogP contribution >= 0.6 is 11.3 Å². The lowest BCUT2D eigenvalue weighted by Crippen LogP contribution is -2.32. The summed E-state index contributed by atoms with van der Waals surface area (Å²) in [4.78, 5) is 18.9. The zero-order chi connectivity index (χ0) is 15.3. The maximum atomic E-state index is 12.0. The van der Waals surface area contributed by atoms with Gasteiger partial charge in [0, 0.05) is 18.5 Å². The van der Waals surface area contributed by atoms with Gasteiger partial charge in [0.15, 0.2) is 5.13 Å². The summed E-state index contributed by atoms with van der Waals surface area (Å²) in [7, 11) is 0. The predicted molar refractivity (Wildman–Crippen MR) is 84.5 cm³/mol. The smallest absolute Gasteiger partial charge is 0.317 e. The number of anilines is 1. The second-order valence-electron chi connectivity index (χ2n) is 5.79.